The van der Waals surface area contributed by atoms with Gasteiger partial charge in [0.05, 0.1) is 27.9 Å². The lowest BCUT2D eigenvalue weighted by Crippen LogP contribution is -2.30. The molecule has 29 heavy (non-hydrogen) atoms. The Hall–Kier alpha value is -3.04. The molecule has 0 saturated carbocycles. The number of amides is 1. The second kappa shape index (κ2) is 7.41. The highest BCUT2D eigenvalue weighted by Gasteiger charge is 2.23. The van der Waals surface area contributed by atoms with Crippen LogP contribution < -0.4 is 4.90 Å². The first-order chi connectivity index (χ1) is 13.8. The fourth-order valence-electron chi connectivity index (χ4n) is 2.77. The zero-order valence-corrected chi connectivity index (χ0v) is 16.8. The average Bonchev–Trinajstić information content (AvgIpc) is 3.34. The topological polar surface area (TPSA) is 80.5 Å². The van der Waals surface area contributed by atoms with Crippen molar-refractivity contribution in [1.29, 1.82) is 0 Å². The standard InChI is InChI=1S/C20H15FN2O4S2/c1-29(25,26)16-8-9-17-18(11-16)28-20(22-17)23(12-15-3-2-10-27-15)19(24)13-4-6-14(21)7-5-13/h2-11H,12H2,1H3. The molecule has 148 valence electrons. The molecule has 2 aromatic heterocycles. The second-order valence-corrected chi connectivity index (χ2v) is 9.40. The molecule has 4 rings (SSSR count). The van der Waals surface area contributed by atoms with Crippen LogP contribution in [0.3, 0.4) is 0 Å². The van der Waals surface area contributed by atoms with Crippen LogP contribution in [0.2, 0.25) is 0 Å². The predicted octanol–water partition coefficient (Wildman–Crippen LogP) is 4.28. The van der Waals surface area contributed by atoms with Crippen LogP contribution in [0.15, 0.2) is 70.2 Å². The Balaban J connectivity index is 1.77. The highest BCUT2D eigenvalue weighted by molar-refractivity contribution is 7.90. The number of hydrogen-bond donors (Lipinski definition) is 0. The van der Waals surface area contributed by atoms with Crippen LogP contribution >= 0.6 is 11.3 Å². The maximum Gasteiger partial charge on any atom is 0.260 e. The highest BCUT2D eigenvalue weighted by atomic mass is 32.2. The van der Waals surface area contributed by atoms with E-state index in [1.54, 1.807) is 24.3 Å². The summed E-state index contributed by atoms with van der Waals surface area (Å²) >= 11 is 1.20. The second-order valence-electron chi connectivity index (χ2n) is 6.38. The van der Waals surface area contributed by atoms with E-state index in [2.05, 4.69) is 4.98 Å². The van der Waals surface area contributed by atoms with Gasteiger partial charge in [-0.1, -0.05) is 11.3 Å². The van der Waals surface area contributed by atoms with E-state index in [9.17, 15) is 17.6 Å². The maximum atomic E-state index is 13.3. The number of nitrogens with zero attached hydrogens (tertiary/aromatic N) is 2. The Morgan fingerprint density at radius 2 is 1.93 bits per heavy atom. The monoisotopic (exact) mass is 430 g/mol. The Morgan fingerprint density at radius 1 is 1.17 bits per heavy atom. The molecule has 0 aliphatic rings. The van der Waals surface area contributed by atoms with E-state index in [0.717, 1.165) is 6.26 Å². The van der Waals surface area contributed by atoms with E-state index in [1.165, 1.54) is 52.8 Å². The van der Waals surface area contributed by atoms with E-state index in [4.69, 9.17) is 4.42 Å². The number of sulfone groups is 1. The number of halogens is 1. The van der Waals surface area contributed by atoms with Crippen LogP contribution in [0, 0.1) is 5.82 Å². The van der Waals surface area contributed by atoms with Gasteiger partial charge in [-0.15, -0.1) is 0 Å². The van der Waals surface area contributed by atoms with Crippen molar-refractivity contribution in [2.24, 2.45) is 0 Å². The molecule has 0 unspecified atom stereocenters. The molecule has 0 aliphatic heterocycles. The summed E-state index contributed by atoms with van der Waals surface area (Å²) in [6, 6.07) is 13.3. The Kier molecular flexibility index (Phi) is 4.93. The SMILES string of the molecule is CS(=O)(=O)c1ccc2nc(N(Cc3ccco3)C(=O)c3ccc(F)cc3)sc2c1. The number of carbonyl (C=O) groups excluding carboxylic acids is 1. The third-order valence-electron chi connectivity index (χ3n) is 4.24. The molecule has 2 aromatic carbocycles. The van der Waals surface area contributed by atoms with Crippen molar-refractivity contribution in [2.75, 3.05) is 11.2 Å². The van der Waals surface area contributed by atoms with E-state index in [0.29, 0.717) is 26.7 Å². The van der Waals surface area contributed by atoms with Crippen molar-refractivity contribution in [2.45, 2.75) is 11.4 Å². The summed E-state index contributed by atoms with van der Waals surface area (Å²) in [6.45, 7) is 0.127. The normalized spacial score (nSPS) is 11.7. The molecule has 0 radical (unpaired) electrons. The Morgan fingerprint density at radius 3 is 2.59 bits per heavy atom. The first kappa shape index (κ1) is 19.3. The van der Waals surface area contributed by atoms with Crippen molar-refractivity contribution in [3.63, 3.8) is 0 Å². The van der Waals surface area contributed by atoms with Gasteiger partial charge in [0.15, 0.2) is 15.0 Å². The van der Waals surface area contributed by atoms with Gasteiger partial charge in [0.25, 0.3) is 5.91 Å². The van der Waals surface area contributed by atoms with Crippen molar-refractivity contribution in [3.8, 4) is 0 Å². The Bertz CT molecular complexity index is 1280. The highest BCUT2D eigenvalue weighted by Crippen LogP contribution is 2.32. The molecule has 0 N–H and O–H groups in total. The number of carbonyl (C=O) groups is 1. The van der Waals surface area contributed by atoms with Gasteiger partial charge in [-0.05, 0) is 54.6 Å². The molecule has 4 aromatic rings. The molecule has 9 heteroatoms. The van der Waals surface area contributed by atoms with Crippen LogP contribution in [-0.2, 0) is 16.4 Å². The molecule has 0 bridgehead atoms. The summed E-state index contributed by atoms with van der Waals surface area (Å²) in [5.74, 6) is -0.257. The number of hydrogen-bond acceptors (Lipinski definition) is 6. The number of aromatic nitrogens is 1. The van der Waals surface area contributed by atoms with Crippen molar-refractivity contribution in [3.05, 3.63) is 78.0 Å². The summed E-state index contributed by atoms with van der Waals surface area (Å²) in [7, 11) is -3.36. The minimum Gasteiger partial charge on any atom is -0.467 e. The number of anilines is 1. The Labute approximate surface area is 170 Å². The number of rotatable bonds is 5. The zero-order chi connectivity index (χ0) is 20.6. The van der Waals surface area contributed by atoms with Gasteiger partial charge >= 0.3 is 0 Å². The van der Waals surface area contributed by atoms with Gasteiger partial charge in [0.1, 0.15) is 11.6 Å². The van der Waals surface area contributed by atoms with Crippen LogP contribution in [0.1, 0.15) is 16.1 Å². The third-order valence-corrected chi connectivity index (χ3v) is 6.39. The summed E-state index contributed by atoms with van der Waals surface area (Å²) < 4.78 is 42.9. The van der Waals surface area contributed by atoms with Gasteiger partial charge in [-0.3, -0.25) is 9.69 Å². The van der Waals surface area contributed by atoms with E-state index in [-0.39, 0.29) is 17.3 Å². The third kappa shape index (κ3) is 4.06. The van der Waals surface area contributed by atoms with E-state index < -0.39 is 15.7 Å². The predicted molar refractivity (Wildman–Crippen MR) is 108 cm³/mol. The number of thiazole rings is 1. The molecule has 1 amide bonds. The summed E-state index contributed by atoms with van der Waals surface area (Å²) in [5, 5.41) is 0.386. The molecule has 0 atom stereocenters. The van der Waals surface area contributed by atoms with Gasteiger partial charge < -0.3 is 4.42 Å². The summed E-state index contributed by atoms with van der Waals surface area (Å²) in [4.78, 5) is 19.2. The fraction of sp³-hybridized carbons (Fsp3) is 0.100. The zero-order valence-electron chi connectivity index (χ0n) is 15.2. The molecule has 0 fully saturated rings. The van der Waals surface area contributed by atoms with Crippen LogP contribution in [0.25, 0.3) is 10.2 Å². The van der Waals surface area contributed by atoms with Crippen molar-refractivity contribution >= 4 is 42.4 Å². The lowest BCUT2D eigenvalue weighted by molar-refractivity contribution is 0.0983. The minimum atomic E-state index is -3.36. The number of furan rings is 1. The van der Waals surface area contributed by atoms with Crippen molar-refractivity contribution < 1.29 is 22.0 Å². The maximum absolute atomic E-state index is 13.3. The smallest absolute Gasteiger partial charge is 0.260 e. The lowest BCUT2D eigenvalue weighted by atomic mass is 10.2. The first-order valence-electron chi connectivity index (χ1n) is 8.52. The van der Waals surface area contributed by atoms with Gasteiger partial charge in [-0.25, -0.2) is 17.8 Å². The minimum absolute atomic E-state index is 0.127. The van der Waals surface area contributed by atoms with Crippen LogP contribution in [0.4, 0.5) is 9.52 Å². The lowest BCUT2D eigenvalue weighted by Gasteiger charge is -2.18. The molecule has 0 aliphatic carbocycles. The quantitative estimate of drug-likeness (QED) is 0.472. The van der Waals surface area contributed by atoms with Crippen molar-refractivity contribution in [1.82, 2.24) is 4.98 Å². The van der Waals surface area contributed by atoms with Crippen LogP contribution in [-0.4, -0.2) is 25.6 Å². The molecule has 0 saturated heterocycles. The van der Waals surface area contributed by atoms with Crippen LogP contribution in [0.5, 0.6) is 0 Å². The molecule has 2 heterocycles. The van der Waals surface area contributed by atoms with Gasteiger partial charge in [-0.2, -0.15) is 0 Å². The fourth-order valence-corrected chi connectivity index (χ4v) is 4.50. The van der Waals surface area contributed by atoms with E-state index in [1.807, 2.05) is 0 Å². The molecule has 0 spiro atoms. The molecule has 6 nitrogen and oxygen atoms in total. The first-order valence-corrected chi connectivity index (χ1v) is 11.2. The molecular formula is C20H15FN2O4S2. The average molecular weight is 430 g/mol. The number of fused-ring (bicyclic) bond motifs is 1. The summed E-state index contributed by atoms with van der Waals surface area (Å²) in [6.07, 6.45) is 2.64. The van der Waals surface area contributed by atoms with Gasteiger partial charge in [0, 0.05) is 11.8 Å². The molecular weight excluding hydrogens is 415 g/mol. The van der Waals surface area contributed by atoms with E-state index >= 15 is 0 Å². The summed E-state index contributed by atoms with van der Waals surface area (Å²) in [5.41, 5.74) is 0.878. The largest absolute Gasteiger partial charge is 0.467 e. The van der Waals surface area contributed by atoms with Gasteiger partial charge in [0.2, 0.25) is 0 Å². The number of benzene rings is 2.